The number of rotatable bonds is 6. The van der Waals surface area contributed by atoms with Gasteiger partial charge in [0.25, 0.3) is 0 Å². The molecule has 1 atom stereocenters. The lowest BCUT2D eigenvalue weighted by atomic mass is 10.1. The number of piperazine rings is 1. The van der Waals surface area contributed by atoms with Crippen molar-refractivity contribution in [3.8, 4) is 0 Å². The molecule has 118 valence electrons. The Balaban J connectivity index is 1.69. The van der Waals surface area contributed by atoms with E-state index in [1.54, 1.807) is 0 Å². The average Bonchev–Trinajstić information content (AvgIpc) is 2.44. The number of nitrogens with zero attached hydrogens (tertiary/aromatic N) is 1. The van der Waals surface area contributed by atoms with E-state index in [2.05, 4.69) is 66.6 Å². The van der Waals surface area contributed by atoms with Crippen LogP contribution in [0.3, 0.4) is 0 Å². The van der Waals surface area contributed by atoms with Crippen LogP contribution in [0.5, 0.6) is 0 Å². The quantitative estimate of drug-likeness (QED) is 0.619. The molecule has 1 fully saturated rings. The van der Waals surface area contributed by atoms with E-state index in [1.165, 1.54) is 5.56 Å². The maximum Gasteiger partial charge on any atom is 0.0970 e. The Labute approximate surface area is 128 Å². The first-order valence-electron chi connectivity index (χ1n) is 7.85. The zero-order valence-electron chi connectivity index (χ0n) is 13.6. The minimum atomic E-state index is 0.110. The van der Waals surface area contributed by atoms with Crippen LogP contribution in [0, 0.1) is 0 Å². The van der Waals surface area contributed by atoms with Gasteiger partial charge in [0, 0.05) is 37.8 Å². The number of benzene rings is 1. The maximum atomic E-state index is 5.75. The molecule has 1 aromatic rings. The molecule has 0 unspecified atom stereocenters. The molecule has 1 heterocycles. The molecular weight excluding hydrogens is 262 g/mol. The summed E-state index contributed by atoms with van der Waals surface area (Å²) in [5.41, 5.74) is 1.49. The van der Waals surface area contributed by atoms with E-state index in [0.29, 0.717) is 12.8 Å². The van der Waals surface area contributed by atoms with Crippen LogP contribution in [0.15, 0.2) is 30.3 Å². The van der Waals surface area contributed by atoms with Gasteiger partial charge in [-0.3, -0.25) is 10.2 Å². The Morgan fingerprint density at radius 1 is 1.29 bits per heavy atom. The second-order valence-electron chi connectivity index (χ2n) is 6.81. The molecule has 1 aromatic carbocycles. The van der Waals surface area contributed by atoms with Crippen LogP contribution in [-0.4, -0.2) is 49.5 Å². The van der Waals surface area contributed by atoms with Gasteiger partial charge in [0.05, 0.1) is 13.3 Å². The Morgan fingerprint density at radius 3 is 2.76 bits per heavy atom. The van der Waals surface area contributed by atoms with Crippen LogP contribution in [-0.2, 0) is 11.3 Å². The third kappa shape index (κ3) is 6.57. The van der Waals surface area contributed by atoms with Crippen molar-refractivity contribution in [2.24, 2.45) is 0 Å². The molecule has 0 amide bonds. The Morgan fingerprint density at radius 2 is 2.05 bits per heavy atom. The summed E-state index contributed by atoms with van der Waals surface area (Å²) in [5, 5.41) is 6.89. The van der Waals surface area contributed by atoms with Crippen LogP contribution in [0.4, 0.5) is 0 Å². The Hall–Kier alpha value is -0.940. The zero-order valence-corrected chi connectivity index (χ0v) is 13.6. The molecule has 0 aromatic heterocycles. The molecule has 2 rings (SSSR count). The van der Waals surface area contributed by atoms with Gasteiger partial charge in [-0.1, -0.05) is 30.3 Å². The first-order valence-corrected chi connectivity index (χ1v) is 7.85. The van der Waals surface area contributed by atoms with Gasteiger partial charge in [-0.15, -0.1) is 0 Å². The Bertz CT molecular complexity index is 402. The highest BCUT2D eigenvalue weighted by molar-refractivity contribution is 5.14. The average molecular weight is 291 g/mol. The second kappa shape index (κ2) is 7.90. The third-order valence-corrected chi connectivity index (χ3v) is 3.61. The predicted molar refractivity (Wildman–Crippen MR) is 87.2 cm³/mol. The Kier molecular flexibility index (Phi) is 6.18. The van der Waals surface area contributed by atoms with Crippen molar-refractivity contribution in [3.63, 3.8) is 0 Å². The van der Waals surface area contributed by atoms with Gasteiger partial charge >= 0.3 is 0 Å². The van der Waals surface area contributed by atoms with Crippen LogP contribution in [0.25, 0.3) is 0 Å². The highest BCUT2D eigenvalue weighted by Gasteiger charge is 2.19. The molecule has 0 aliphatic carbocycles. The molecule has 1 saturated heterocycles. The van der Waals surface area contributed by atoms with Crippen LogP contribution >= 0.6 is 0 Å². The van der Waals surface area contributed by atoms with Crippen LogP contribution in [0.1, 0.15) is 26.3 Å². The fourth-order valence-electron chi connectivity index (χ4n) is 2.46. The van der Waals surface area contributed by atoms with Crippen molar-refractivity contribution < 1.29 is 4.74 Å². The molecule has 0 spiro atoms. The summed E-state index contributed by atoms with van der Waals surface area (Å²) < 4.78 is 5.75. The van der Waals surface area contributed by atoms with Crippen LogP contribution < -0.4 is 10.6 Å². The second-order valence-corrected chi connectivity index (χ2v) is 6.81. The highest BCUT2D eigenvalue weighted by Crippen LogP contribution is 2.07. The largest absolute Gasteiger partial charge is 0.365 e. The van der Waals surface area contributed by atoms with Crippen molar-refractivity contribution in [2.45, 2.75) is 38.9 Å². The molecule has 21 heavy (non-hydrogen) atoms. The minimum absolute atomic E-state index is 0.110. The standard InChI is InChI=1S/C17H29N3O/c1-17(2,3)19-14-21-13-16-12-20(10-9-18-16)11-15-7-5-4-6-8-15/h4-8,16,18-19H,9-14H2,1-3H3/t16-/m1/s1. The molecule has 1 aliphatic heterocycles. The summed E-state index contributed by atoms with van der Waals surface area (Å²) in [6, 6.07) is 11.1. The number of nitrogens with one attached hydrogen (secondary N) is 2. The summed E-state index contributed by atoms with van der Waals surface area (Å²) in [5.74, 6) is 0. The molecule has 4 heteroatoms. The van der Waals surface area contributed by atoms with Crippen molar-refractivity contribution in [1.29, 1.82) is 0 Å². The van der Waals surface area contributed by atoms with E-state index in [4.69, 9.17) is 4.74 Å². The van der Waals surface area contributed by atoms with E-state index in [9.17, 15) is 0 Å². The van der Waals surface area contributed by atoms with Gasteiger partial charge in [-0.05, 0) is 26.3 Å². The van der Waals surface area contributed by atoms with Crippen LogP contribution in [0.2, 0.25) is 0 Å². The highest BCUT2D eigenvalue weighted by atomic mass is 16.5. The molecular formula is C17H29N3O. The van der Waals surface area contributed by atoms with Gasteiger partial charge < -0.3 is 10.1 Å². The van der Waals surface area contributed by atoms with Gasteiger partial charge in [0.15, 0.2) is 0 Å². The van der Waals surface area contributed by atoms with E-state index < -0.39 is 0 Å². The van der Waals surface area contributed by atoms with Gasteiger partial charge in [-0.2, -0.15) is 0 Å². The third-order valence-electron chi connectivity index (χ3n) is 3.61. The first kappa shape index (κ1) is 16.4. The van der Waals surface area contributed by atoms with E-state index in [-0.39, 0.29) is 5.54 Å². The van der Waals surface area contributed by atoms with Crippen molar-refractivity contribution in [1.82, 2.24) is 15.5 Å². The van der Waals surface area contributed by atoms with Gasteiger partial charge in [-0.25, -0.2) is 0 Å². The number of hydrogen-bond donors (Lipinski definition) is 2. The van der Waals surface area contributed by atoms with Crippen molar-refractivity contribution >= 4 is 0 Å². The van der Waals surface area contributed by atoms with E-state index in [0.717, 1.165) is 32.8 Å². The normalized spacial score (nSPS) is 20.6. The summed E-state index contributed by atoms with van der Waals surface area (Å²) in [7, 11) is 0. The lowest BCUT2D eigenvalue weighted by Crippen LogP contribution is -2.52. The zero-order chi connectivity index (χ0) is 15.1. The van der Waals surface area contributed by atoms with Crippen molar-refractivity contribution in [2.75, 3.05) is 33.0 Å². The number of hydrogen-bond acceptors (Lipinski definition) is 4. The fraction of sp³-hybridized carbons (Fsp3) is 0.647. The smallest absolute Gasteiger partial charge is 0.0970 e. The van der Waals surface area contributed by atoms with Crippen molar-refractivity contribution in [3.05, 3.63) is 35.9 Å². The monoisotopic (exact) mass is 291 g/mol. The molecule has 2 N–H and O–H groups in total. The van der Waals surface area contributed by atoms with E-state index in [1.807, 2.05) is 0 Å². The minimum Gasteiger partial charge on any atom is -0.365 e. The summed E-state index contributed by atoms with van der Waals surface area (Å²) in [6.07, 6.45) is 0. The summed E-state index contributed by atoms with van der Waals surface area (Å²) >= 11 is 0. The van der Waals surface area contributed by atoms with Gasteiger partial charge in [0.1, 0.15) is 0 Å². The summed E-state index contributed by atoms with van der Waals surface area (Å²) in [6.45, 7) is 12.0. The summed E-state index contributed by atoms with van der Waals surface area (Å²) in [4.78, 5) is 2.50. The predicted octanol–water partition coefficient (Wildman–Crippen LogP) is 1.82. The maximum absolute atomic E-state index is 5.75. The lowest BCUT2D eigenvalue weighted by Gasteiger charge is -2.33. The lowest BCUT2D eigenvalue weighted by molar-refractivity contribution is 0.0589. The topological polar surface area (TPSA) is 36.5 Å². The SMILES string of the molecule is CC(C)(C)NCOC[C@H]1CN(Cc2ccccc2)CCN1. The van der Waals surface area contributed by atoms with Gasteiger partial charge in [0.2, 0.25) is 0 Å². The molecule has 4 nitrogen and oxygen atoms in total. The number of ether oxygens (including phenoxy) is 1. The molecule has 0 saturated carbocycles. The molecule has 0 radical (unpaired) electrons. The first-order chi connectivity index (χ1) is 10.0. The fourth-order valence-corrected chi connectivity index (χ4v) is 2.46. The van der Waals surface area contributed by atoms with E-state index >= 15 is 0 Å². The molecule has 0 bridgehead atoms. The molecule has 1 aliphatic rings.